The van der Waals surface area contributed by atoms with Crippen molar-refractivity contribution < 1.29 is 0 Å². The Morgan fingerprint density at radius 1 is 1.05 bits per heavy atom. The average molecular weight is 306 g/mol. The lowest BCUT2D eigenvalue weighted by molar-refractivity contribution is 1.04. The summed E-state index contributed by atoms with van der Waals surface area (Å²) in [5.74, 6) is 0.830. The predicted molar refractivity (Wildman–Crippen MR) is 90.8 cm³/mol. The van der Waals surface area contributed by atoms with Gasteiger partial charge in [0.15, 0.2) is 10.6 Å². The molecule has 108 valence electrons. The Morgan fingerprint density at radius 3 is 2.77 bits per heavy atom. The van der Waals surface area contributed by atoms with Crippen LogP contribution < -0.4 is 0 Å². The van der Waals surface area contributed by atoms with Crippen molar-refractivity contribution >= 4 is 23.1 Å². The summed E-state index contributed by atoms with van der Waals surface area (Å²) in [6.45, 7) is 2.08. The lowest BCUT2D eigenvalue weighted by atomic mass is 10.1. The van der Waals surface area contributed by atoms with Crippen molar-refractivity contribution in [2.24, 2.45) is 0 Å². The fourth-order valence-electron chi connectivity index (χ4n) is 2.79. The first-order valence-electron chi connectivity index (χ1n) is 7.05. The van der Waals surface area contributed by atoms with E-state index in [4.69, 9.17) is 12.2 Å². The van der Waals surface area contributed by atoms with Crippen LogP contribution in [0.4, 0.5) is 0 Å². The van der Waals surface area contributed by atoms with Gasteiger partial charge in [-0.25, -0.2) is 0 Å². The summed E-state index contributed by atoms with van der Waals surface area (Å²) in [5, 5.41) is 8.49. The molecule has 2 aromatic carbocycles. The van der Waals surface area contributed by atoms with E-state index in [9.17, 15) is 0 Å². The quantitative estimate of drug-likeness (QED) is 0.540. The summed E-state index contributed by atoms with van der Waals surface area (Å²) in [6, 6.07) is 16.4. The van der Waals surface area contributed by atoms with E-state index in [-0.39, 0.29) is 0 Å². The first kappa shape index (κ1) is 13.0. The highest BCUT2D eigenvalue weighted by atomic mass is 32.1. The summed E-state index contributed by atoms with van der Waals surface area (Å²) in [5.41, 5.74) is 4.34. The van der Waals surface area contributed by atoms with Crippen molar-refractivity contribution in [3.8, 4) is 17.1 Å². The number of nitrogens with one attached hydrogen (secondary N) is 2. The molecule has 0 aliphatic heterocycles. The van der Waals surface area contributed by atoms with Gasteiger partial charge in [0, 0.05) is 22.7 Å². The molecule has 0 fully saturated rings. The lowest BCUT2D eigenvalue weighted by Gasteiger charge is -2.10. The second kappa shape index (κ2) is 4.96. The van der Waals surface area contributed by atoms with Gasteiger partial charge in [-0.2, -0.15) is 5.10 Å². The normalized spacial score (nSPS) is 11.1. The number of hydrogen-bond donors (Lipinski definition) is 2. The van der Waals surface area contributed by atoms with E-state index in [0.29, 0.717) is 4.77 Å². The van der Waals surface area contributed by atoms with Crippen LogP contribution in [-0.2, 0) is 0 Å². The molecule has 0 aliphatic carbocycles. The van der Waals surface area contributed by atoms with Crippen molar-refractivity contribution in [1.82, 2.24) is 19.7 Å². The van der Waals surface area contributed by atoms with Crippen LogP contribution >= 0.6 is 12.2 Å². The molecule has 0 radical (unpaired) electrons. The molecule has 0 atom stereocenters. The fourth-order valence-corrected chi connectivity index (χ4v) is 3.02. The van der Waals surface area contributed by atoms with Crippen molar-refractivity contribution in [2.75, 3.05) is 0 Å². The zero-order chi connectivity index (χ0) is 15.1. The van der Waals surface area contributed by atoms with Gasteiger partial charge in [-0.15, -0.1) is 0 Å². The molecule has 0 bridgehead atoms. The summed E-state index contributed by atoms with van der Waals surface area (Å²) < 4.78 is 2.58. The molecule has 0 saturated heterocycles. The molecule has 2 N–H and O–H groups in total. The Balaban J connectivity index is 2.05. The molecule has 4 nitrogen and oxygen atoms in total. The summed E-state index contributed by atoms with van der Waals surface area (Å²) in [7, 11) is 0. The van der Waals surface area contributed by atoms with Crippen molar-refractivity contribution in [3.05, 3.63) is 65.1 Å². The molecule has 0 unspecified atom stereocenters. The minimum Gasteiger partial charge on any atom is -0.361 e. The molecule has 2 aromatic heterocycles. The molecule has 5 heteroatoms. The largest absolute Gasteiger partial charge is 0.361 e. The lowest BCUT2D eigenvalue weighted by Crippen LogP contribution is -1.99. The van der Waals surface area contributed by atoms with E-state index >= 15 is 0 Å². The van der Waals surface area contributed by atoms with Crippen LogP contribution in [0.3, 0.4) is 0 Å². The van der Waals surface area contributed by atoms with Gasteiger partial charge in [0.25, 0.3) is 0 Å². The van der Waals surface area contributed by atoms with Gasteiger partial charge in [-0.05, 0) is 42.9 Å². The zero-order valence-corrected chi connectivity index (χ0v) is 12.8. The molecule has 4 rings (SSSR count). The molecule has 0 saturated carbocycles. The van der Waals surface area contributed by atoms with Crippen LogP contribution in [0.2, 0.25) is 0 Å². The molecule has 4 aromatic rings. The summed E-state index contributed by atoms with van der Waals surface area (Å²) in [4.78, 5) is 3.23. The number of benzene rings is 2. The Morgan fingerprint density at radius 2 is 1.91 bits per heavy atom. The number of aryl methyl sites for hydroxylation is 1. The molecule has 22 heavy (non-hydrogen) atoms. The van der Waals surface area contributed by atoms with Crippen LogP contribution in [0, 0.1) is 11.7 Å². The van der Waals surface area contributed by atoms with Gasteiger partial charge >= 0.3 is 0 Å². The van der Waals surface area contributed by atoms with Crippen molar-refractivity contribution in [3.63, 3.8) is 0 Å². The second-order valence-corrected chi connectivity index (χ2v) is 5.61. The van der Waals surface area contributed by atoms with Crippen molar-refractivity contribution in [2.45, 2.75) is 6.92 Å². The van der Waals surface area contributed by atoms with E-state index in [0.717, 1.165) is 28.0 Å². The Labute approximate surface area is 132 Å². The maximum Gasteiger partial charge on any atom is 0.200 e. The SMILES string of the molecule is Cc1ccccc1-c1n[nH]c(=S)n1-c1cccc2[nH]ccc12. The molecule has 0 amide bonds. The third-order valence-corrected chi connectivity index (χ3v) is 4.15. The number of hydrogen-bond acceptors (Lipinski definition) is 2. The van der Waals surface area contributed by atoms with Crippen LogP contribution in [0.25, 0.3) is 28.0 Å². The highest BCUT2D eigenvalue weighted by Crippen LogP contribution is 2.28. The Hall–Kier alpha value is -2.66. The Bertz CT molecular complexity index is 1020. The highest BCUT2D eigenvalue weighted by Gasteiger charge is 2.14. The Kier molecular flexibility index (Phi) is 2.94. The number of aromatic nitrogens is 4. The predicted octanol–water partition coefficient (Wildman–Crippen LogP) is 4.39. The second-order valence-electron chi connectivity index (χ2n) is 5.22. The van der Waals surface area contributed by atoms with Crippen LogP contribution in [0.5, 0.6) is 0 Å². The number of H-pyrrole nitrogens is 2. The number of rotatable bonds is 2. The van der Waals surface area contributed by atoms with E-state index in [1.807, 2.05) is 29.0 Å². The molecule has 0 spiro atoms. The highest BCUT2D eigenvalue weighted by molar-refractivity contribution is 7.71. The van der Waals surface area contributed by atoms with Gasteiger partial charge in [0.05, 0.1) is 5.69 Å². The van der Waals surface area contributed by atoms with Gasteiger partial charge in [-0.3, -0.25) is 9.67 Å². The van der Waals surface area contributed by atoms with Gasteiger partial charge < -0.3 is 4.98 Å². The summed E-state index contributed by atoms with van der Waals surface area (Å²) >= 11 is 5.47. The van der Waals surface area contributed by atoms with Crippen LogP contribution in [-0.4, -0.2) is 19.7 Å². The van der Waals surface area contributed by atoms with Gasteiger partial charge in [-0.1, -0.05) is 30.3 Å². The molecular weight excluding hydrogens is 292 g/mol. The zero-order valence-electron chi connectivity index (χ0n) is 12.0. The molecule has 0 aliphatic rings. The first-order valence-corrected chi connectivity index (χ1v) is 7.46. The summed E-state index contributed by atoms with van der Waals surface area (Å²) in [6.07, 6.45) is 1.94. The topological polar surface area (TPSA) is 49.4 Å². The van der Waals surface area contributed by atoms with Gasteiger partial charge in [0.2, 0.25) is 0 Å². The first-order chi connectivity index (χ1) is 10.8. The number of fused-ring (bicyclic) bond motifs is 1. The number of nitrogens with zero attached hydrogens (tertiary/aromatic N) is 2. The fraction of sp³-hybridized carbons (Fsp3) is 0.0588. The van der Waals surface area contributed by atoms with Crippen LogP contribution in [0.1, 0.15) is 5.56 Å². The minimum atomic E-state index is 0.590. The van der Waals surface area contributed by atoms with E-state index < -0.39 is 0 Å². The minimum absolute atomic E-state index is 0.590. The molecule has 2 heterocycles. The smallest absolute Gasteiger partial charge is 0.200 e. The molecular formula is C17H14N4S. The average Bonchev–Trinajstić information content (AvgIpc) is 3.14. The maximum absolute atomic E-state index is 5.47. The number of aromatic amines is 2. The standard InChI is InChI=1S/C17H14N4S/c1-11-5-2-3-6-12(11)16-19-20-17(22)21(16)15-8-4-7-14-13(15)9-10-18-14/h2-10,18H,1H3,(H,20,22). The third kappa shape index (κ3) is 1.90. The van der Waals surface area contributed by atoms with E-state index in [1.165, 1.54) is 5.56 Å². The van der Waals surface area contributed by atoms with E-state index in [1.54, 1.807) is 0 Å². The van der Waals surface area contributed by atoms with Gasteiger partial charge in [0.1, 0.15) is 0 Å². The van der Waals surface area contributed by atoms with Crippen LogP contribution in [0.15, 0.2) is 54.7 Å². The maximum atomic E-state index is 5.47. The van der Waals surface area contributed by atoms with E-state index in [2.05, 4.69) is 52.4 Å². The third-order valence-electron chi connectivity index (χ3n) is 3.87. The monoisotopic (exact) mass is 306 g/mol. The van der Waals surface area contributed by atoms with Crippen molar-refractivity contribution in [1.29, 1.82) is 0 Å².